The zero-order valence-electron chi connectivity index (χ0n) is 18.1. The van der Waals surface area contributed by atoms with Crippen LogP contribution in [0.15, 0.2) is 91.0 Å². The monoisotopic (exact) mass is 439 g/mol. The summed E-state index contributed by atoms with van der Waals surface area (Å²) >= 11 is 0. The number of unbranched alkanes of at least 4 members (excludes halogenated alkanes) is 4. The van der Waals surface area contributed by atoms with Crippen LogP contribution in [0.1, 0.15) is 45.4 Å². The number of para-hydroxylation sites is 3. The lowest BCUT2D eigenvalue weighted by Gasteiger charge is -2.26. The minimum absolute atomic E-state index is 0.546. The smallest absolute Gasteiger partial charge is 0.351 e. The van der Waals surface area contributed by atoms with E-state index in [9.17, 15) is 5.11 Å². The summed E-state index contributed by atoms with van der Waals surface area (Å²) in [6.45, 7) is 2.19. The van der Waals surface area contributed by atoms with Crippen molar-refractivity contribution in [2.24, 2.45) is 0 Å². The highest BCUT2D eigenvalue weighted by Gasteiger charge is 2.58. The van der Waals surface area contributed by atoms with Crippen molar-refractivity contribution in [1.82, 2.24) is 0 Å². The van der Waals surface area contributed by atoms with Gasteiger partial charge in [-0.1, -0.05) is 87.2 Å². The van der Waals surface area contributed by atoms with Crippen molar-refractivity contribution in [3.8, 4) is 17.2 Å². The predicted molar refractivity (Wildman–Crippen MR) is 128 cm³/mol. The summed E-state index contributed by atoms with van der Waals surface area (Å²) in [4.78, 5) is 0. The number of aliphatic hydroxyl groups excluding tert-OH is 1. The Balaban J connectivity index is 1.90. The highest BCUT2D eigenvalue weighted by atomic mass is 31.2. The van der Waals surface area contributed by atoms with E-state index in [0.717, 1.165) is 19.3 Å². The molecule has 3 aromatic rings. The SMILES string of the molecule is CCCCCCCC(O)[P+](Oc1ccccc1)(Oc1ccccc1)Oc1ccccc1. The molecule has 1 unspecified atom stereocenters. The van der Waals surface area contributed by atoms with Crippen LogP contribution < -0.4 is 13.6 Å². The average molecular weight is 440 g/mol. The zero-order valence-corrected chi connectivity index (χ0v) is 19.0. The minimum Gasteiger partial charge on any atom is -0.351 e. The van der Waals surface area contributed by atoms with E-state index in [1.54, 1.807) is 0 Å². The normalized spacial score (nSPS) is 12.2. The van der Waals surface area contributed by atoms with Crippen molar-refractivity contribution < 1.29 is 18.7 Å². The lowest BCUT2D eigenvalue weighted by atomic mass is 10.1. The van der Waals surface area contributed by atoms with Crippen LogP contribution >= 0.6 is 7.94 Å². The molecule has 0 saturated heterocycles. The van der Waals surface area contributed by atoms with E-state index in [-0.39, 0.29) is 0 Å². The highest BCUT2D eigenvalue weighted by molar-refractivity contribution is 7.63. The van der Waals surface area contributed by atoms with Crippen molar-refractivity contribution in [3.63, 3.8) is 0 Å². The second-order valence-electron chi connectivity index (χ2n) is 7.44. The molecule has 31 heavy (non-hydrogen) atoms. The Labute approximate surface area is 186 Å². The van der Waals surface area contributed by atoms with Crippen molar-refractivity contribution in [2.75, 3.05) is 0 Å². The Morgan fingerprint density at radius 1 is 0.613 bits per heavy atom. The maximum absolute atomic E-state index is 11.4. The molecule has 1 atom stereocenters. The molecule has 0 saturated carbocycles. The summed E-state index contributed by atoms with van der Waals surface area (Å²) in [6, 6.07) is 28.3. The van der Waals surface area contributed by atoms with Crippen LogP contribution in [0.5, 0.6) is 17.2 Å². The van der Waals surface area contributed by atoms with E-state index < -0.39 is 13.8 Å². The molecular formula is C26H32O4P+. The van der Waals surface area contributed by atoms with Crippen LogP contribution in [0, 0.1) is 0 Å². The molecule has 0 amide bonds. The third-order valence-corrected chi connectivity index (χ3v) is 7.24. The topological polar surface area (TPSA) is 47.9 Å². The van der Waals surface area contributed by atoms with E-state index in [1.165, 1.54) is 12.8 Å². The highest BCUT2D eigenvalue weighted by Crippen LogP contribution is 2.64. The third-order valence-electron chi connectivity index (χ3n) is 4.86. The summed E-state index contributed by atoms with van der Waals surface area (Å²) in [6.07, 6.45) is 6.05. The van der Waals surface area contributed by atoms with Crippen molar-refractivity contribution in [2.45, 2.75) is 51.3 Å². The van der Waals surface area contributed by atoms with Crippen LogP contribution in [-0.2, 0) is 0 Å². The van der Waals surface area contributed by atoms with E-state index >= 15 is 0 Å². The van der Waals surface area contributed by atoms with E-state index in [1.807, 2.05) is 91.0 Å². The van der Waals surface area contributed by atoms with Gasteiger partial charge in [-0.2, -0.15) is 0 Å². The number of hydrogen-bond acceptors (Lipinski definition) is 4. The fourth-order valence-electron chi connectivity index (χ4n) is 3.21. The van der Waals surface area contributed by atoms with Crippen LogP contribution in [0.4, 0.5) is 0 Å². The van der Waals surface area contributed by atoms with Crippen LogP contribution in [0.3, 0.4) is 0 Å². The molecule has 0 spiro atoms. The van der Waals surface area contributed by atoms with E-state index in [2.05, 4.69) is 6.92 Å². The van der Waals surface area contributed by atoms with Gasteiger partial charge in [-0.15, -0.1) is 0 Å². The zero-order chi connectivity index (χ0) is 21.8. The van der Waals surface area contributed by atoms with Crippen LogP contribution in [0.2, 0.25) is 0 Å². The van der Waals surface area contributed by atoms with Gasteiger partial charge in [-0.3, -0.25) is 13.6 Å². The average Bonchev–Trinajstić information content (AvgIpc) is 2.81. The molecule has 3 aromatic carbocycles. The molecule has 0 aliphatic carbocycles. The first-order valence-electron chi connectivity index (χ1n) is 11.0. The Kier molecular flexibility index (Phi) is 9.20. The van der Waals surface area contributed by atoms with Gasteiger partial charge in [0, 0.05) is 6.42 Å². The molecule has 0 aromatic heterocycles. The summed E-state index contributed by atoms with van der Waals surface area (Å²) in [5.41, 5.74) is 0. The van der Waals surface area contributed by atoms with E-state index in [0.29, 0.717) is 23.7 Å². The van der Waals surface area contributed by atoms with Gasteiger partial charge in [-0.05, 0) is 42.8 Å². The standard InChI is InChI=1S/C26H32O4P/c1-2-3-4-5-15-22-26(27)31(28-23-16-9-6-10-17-23,29-24-18-11-7-12-19-24)30-25-20-13-8-14-21-25/h6-14,16-21,26-27H,2-5,15,22H2,1H3/q+1. The first-order valence-corrected chi connectivity index (χ1v) is 12.6. The lowest BCUT2D eigenvalue weighted by molar-refractivity contribution is 0.182. The molecule has 1 N–H and O–H groups in total. The first kappa shape index (κ1) is 23.1. The van der Waals surface area contributed by atoms with Crippen molar-refractivity contribution in [3.05, 3.63) is 91.0 Å². The van der Waals surface area contributed by atoms with Gasteiger partial charge in [0.1, 0.15) is 0 Å². The second kappa shape index (κ2) is 12.3. The molecule has 0 aliphatic rings. The quantitative estimate of drug-likeness (QED) is 0.219. The van der Waals surface area contributed by atoms with Crippen LogP contribution in [-0.4, -0.2) is 11.0 Å². The Bertz CT molecular complexity index is 757. The van der Waals surface area contributed by atoms with Gasteiger partial charge in [0.05, 0.1) is 0 Å². The fraction of sp³-hybridized carbons (Fsp3) is 0.308. The van der Waals surface area contributed by atoms with Crippen molar-refractivity contribution >= 4 is 7.94 Å². The predicted octanol–water partition coefficient (Wildman–Crippen LogP) is 7.66. The van der Waals surface area contributed by atoms with Crippen molar-refractivity contribution in [1.29, 1.82) is 0 Å². The molecule has 4 nitrogen and oxygen atoms in total. The molecule has 0 radical (unpaired) electrons. The molecule has 5 heteroatoms. The first-order chi connectivity index (χ1) is 15.2. The largest absolute Gasteiger partial charge is 0.573 e. The Morgan fingerprint density at radius 3 is 1.39 bits per heavy atom. The van der Waals surface area contributed by atoms with E-state index in [4.69, 9.17) is 13.6 Å². The fourth-order valence-corrected chi connectivity index (χ4v) is 5.43. The molecule has 0 fully saturated rings. The molecule has 164 valence electrons. The molecule has 0 heterocycles. The third kappa shape index (κ3) is 7.27. The van der Waals surface area contributed by atoms with Gasteiger partial charge < -0.3 is 5.11 Å². The van der Waals surface area contributed by atoms with Gasteiger partial charge in [0.15, 0.2) is 17.2 Å². The molecule has 0 aliphatic heterocycles. The lowest BCUT2D eigenvalue weighted by Crippen LogP contribution is -2.27. The molecule has 0 bridgehead atoms. The van der Waals surface area contributed by atoms with Gasteiger partial charge in [0.25, 0.3) is 5.85 Å². The number of hydrogen-bond donors (Lipinski definition) is 1. The summed E-state index contributed by atoms with van der Waals surface area (Å²) in [5.74, 6) is 0.919. The molecular weight excluding hydrogens is 407 g/mol. The molecule has 3 rings (SSSR count). The number of rotatable bonds is 13. The summed E-state index contributed by atoms with van der Waals surface area (Å²) in [7, 11) is -3.25. The summed E-state index contributed by atoms with van der Waals surface area (Å²) in [5, 5.41) is 11.4. The number of aliphatic hydroxyl groups is 1. The second-order valence-corrected chi connectivity index (χ2v) is 9.66. The maximum Gasteiger partial charge on any atom is 0.573 e. The van der Waals surface area contributed by atoms with Gasteiger partial charge in [-0.25, -0.2) is 0 Å². The van der Waals surface area contributed by atoms with Gasteiger partial charge in [0.2, 0.25) is 0 Å². The number of benzene rings is 3. The Morgan fingerprint density at radius 2 is 1.00 bits per heavy atom. The maximum atomic E-state index is 11.4. The minimum atomic E-state index is -3.25. The Hall–Kier alpha value is -2.55. The van der Waals surface area contributed by atoms with Crippen LogP contribution in [0.25, 0.3) is 0 Å². The van der Waals surface area contributed by atoms with Gasteiger partial charge >= 0.3 is 7.94 Å². The summed E-state index contributed by atoms with van der Waals surface area (Å²) < 4.78 is 19.1.